The fourth-order valence-electron chi connectivity index (χ4n) is 3.20. The Labute approximate surface area is 204 Å². The molecule has 174 valence electrons. The van der Waals surface area contributed by atoms with Crippen molar-refractivity contribution in [2.75, 3.05) is 12.9 Å². The summed E-state index contributed by atoms with van der Waals surface area (Å²) in [5.74, 6) is 1.32. The van der Waals surface area contributed by atoms with Crippen LogP contribution >= 0.6 is 35.0 Å². The quantitative estimate of drug-likeness (QED) is 0.441. The van der Waals surface area contributed by atoms with Crippen molar-refractivity contribution in [3.05, 3.63) is 63.6 Å². The lowest BCUT2D eigenvalue weighted by Gasteiger charge is -2.31. The van der Waals surface area contributed by atoms with Crippen LogP contribution in [0.1, 0.15) is 38.3 Å². The maximum Gasteiger partial charge on any atom is 0.243 e. The van der Waals surface area contributed by atoms with Crippen molar-refractivity contribution in [2.24, 2.45) is 0 Å². The number of carbonyl (C=O) groups is 2. The summed E-state index contributed by atoms with van der Waals surface area (Å²) in [6.07, 6.45) is 0.522. The van der Waals surface area contributed by atoms with Gasteiger partial charge in [0.2, 0.25) is 11.8 Å². The number of halogens is 2. The van der Waals surface area contributed by atoms with E-state index >= 15 is 0 Å². The molecule has 8 heteroatoms. The van der Waals surface area contributed by atoms with Crippen molar-refractivity contribution in [1.82, 2.24) is 10.2 Å². The smallest absolute Gasteiger partial charge is 0.243 e. The molecule has 0 bridgehead atoms. The molecule has 1 N–H and O–H groups in total. The first kappa shape index (κ1) is 26.4. The summed E-state index contributed by atoms with van der Waals surface area (Å²) >= 11 is 13.7. The van der Waals surface area contributed by atoms with Crippen LogP contribution < -0.4 is 10.1 Å². The number of hydrogen-bond acceptors (Lipinski definition) is 4. The fourth-order valence-corrected chi connectivity index (χ4v) is 4.67. The summed E-state index contributed by atoms with van der Waals surface area (Å²) in [4.78, 5) is 27.7. The Morgan fingerprint density at radius 2 is 1.81 bits per heavy atom. The van der Waals surface area contributed by atoms with Gasteiger partial charge in [-0.25, -0.2) is 0 Å². The lowest BCUT2D eigenvalue weighted by Crippen LogP contribution is -2.50. The van der Waals surface area contributed by atoms with Gasteiger partial charge in [-0.05, 0) is 55.7 Å². The number of rotatable bonds is 11. The van der Waals surface area contributed by atoms with Crippen LogP contribution in [0.3, 0.4) is 0 Å². The predicted octanol–water partition coefficient (Wildman–Crippen LogP) is 5.57. The largest absolute Gasteiger partial charge is 0.497 e. The lowest BCUT2D eigenvalue weighted by atomic mass is 10.1. The summed E-state index contributed by atoms with van der Waals surface area (Å²) in [5.41, 5.74) is 1.85. The van der Waals surface area contributed by atoms with Gasteiger partial charge in [-0.3, -0.25) is 9.59 Å². The van der Waals surface area contributed by atoms with Gasteiger partial charge in [0.15, 0.2) is 0 Å². The first-order chi connectivity index (χ1) is 15.2. The van der Waals surface area contributed by atoms with Crippen molar-refractivity contribution in [2.45, 2.75) is 51.6 Å². The van der Waals surface area contributed by atoms with Crippen LogP contribution in [0.5, 0.6) is 5.75 Å². The number of nitrogens with zero attached hydrogens (tertiary/aromatic N) is 1. The fraction of sp³-hybridized carbons (Fsp3) is 0.417. The zero-order valence-electron chi connectivity index (χ0n) is 18.9. The van der Waals surface area contributed by atoms with Gasteiger partial charge in [0.05, 0.1) is 12.9 Å². The van der Waals surface area contributed by atoms with Crippen LogP contribution in [0, 0.1) is 0 Å². The summed E-state index contributed by atoms with van der Waals surface area (Å²) in [6.45, 7) is 6.08. The zero-order chi connectivity index (χ0) is 23.7. The van der Waals surface area contributed by atoms with Crippen molar-refractivity contribution in [3.63, 3.8) is 0 Å². The van der Waals surface area contributed by atoms with E-state index in [0.29, 0.717) is 28.8 Å². The third-order valence-corrected chi connectivity index (χ3v) is 6.38. The minimum Gasteiger partial charge on any atom is -0.497 e. The maximum atomic E-state index is 13.2. The molecule has 0 aliphatic heterocycles. The summed E-state index contributed by atoms with van der Waals surface area (Å²) in [7, 11) is 1.61. The highest BCUT2D eigenvalue weighted by atomic mass is 35.5. The Bertz CT molecular complexity index is 907. The van der Waals surface area contributed by atoms with Crippen LogP contribution in [-0.4, -0.2) is 41.7 Å². The van der Waals surface area contributed by atoms with Crippen molar-refractivity contribution < 1.29 is 14.3 Å². The molecule has 2 rings (SSSR count). The van der Waals surface area contributed by atoms with E-state index in [1.807, 2.05) is 51.1 Å². The molecule has 0 spiro atoms. The van der Waals surface area contributed by atoms with Crippen LogP contribution in [-0.2, 0) is 21.9 Å². The summed E-state index contributed by atoms with van der Waals surface area (Å²) < 4.78 is 5.22. The van der Waals surface area contributed by atoms with E-state index in [4.69, 9.17) is 27.9 Å². The Hall–Kier alpha value is -1.89. The topological polar surface area (TPSA) is 58.6 Å². The normalized spacial score (nSPS) is 11.8. The van der Waals surface area contributed by atoms with Crippen molar-refractivity contribution in [3.8, 4) is 5.75 Å². The Balaban J connectivity index is 2.15. The Morgan fingerprint density at radius 3 is 2.38 bits per heavy atom. The van der Waals surface area contributed by atoms with Gasteiger partial charge in [-0.2, -0.15) is 0 Å². The molecule has 0 fully saturated rings. The van der Waals surface area contributed by atoms with E-state index < -0.39 is 6.04 Å². The second-order valence-corrected chi connectivity index (χ2v) is 9.51. The van der Waals surface area contributed by atoms with E-state index in [1.54, 1.807) is 24.1 Å². The third kappa shape index (κ3) is 7.91. The van der Waals surface area contributed by atoms with Gasteiger partial charge in [-0.15, -0.1) is 11.8 Å². The maximum absolute atomic E-state index is 13.2. The molecule has 0 saturated carbocycles. The van der Waals surface area contributed by atoms with E-state index in [9.17, 15) is 9.59 Å². The molecular weight excluding hydrogens is 467 g/mol. The number of methoxy groups -OCH3 is 1. The number of ether oxygens (including phenoxy) is 1. The van der Waals surface area contributed by atoms with E-state index in [-0.39, 0.29) is 23.6 Å². The van der Waals surface area contributed by atoms with E-state index in [2.05, 4.69) is 5.32 Å². The SMILES string of the molecule is CC[C@@H](C(=O)NC(C)C)N(Cc1ccc(OC)cc1)C(=O)CSCc1ccc(Cl)cc1Cl. The van der Waals surface area contributed by atoms with Gasteiger partial charge >= 0.3 is 0 Å². The molecule has 1 atom stereocenters. The molecule has 0 heterocycles. The predicted molar refractivity (Wildman–Crippen MR) is 134 cm³/mol. The number of benzene rings is 2. The molecule has 32 heavy (non-hydrogen) atoms. The van der Waals surface area contributed by atoms with Gasteiger partial charge in [0.25, 0.3) is 0 Å². The van der Waals surface area contributed by atoms with Gasteiger partial charge in [-0.1, -0.05) is 48.3 Å². The van der Waals surface area contributed by atoms with Crippen LogP contribution in [0.4, 0.5) is 0 Å². The highest BCUT2D eigenvalue weighted by Gasteiger charge is 2.28. The average Bonchev–Trinajstić information content (AvgIpc) is 2.75. The van der Waals surface area contributed by atoms with Gasteiger partial charge in [0.1, 0.15) is 11.8 Å². The minimum absolute atomic E-state index is 0.00379. The third-order valence-electron chi connectivity index (χ3n) is 4.83. The molecule has 0 aromatic heterocycles. The molecule has 2 aromatic carbocycles. The van der Waals surface area contributed by atoms with Gasteiger partial charge < -0.3 is 15.0 Å². The number of thioether (sulfide) groups is 1. The van der Waals surface area contributed by atoms with Crippen LogP contribution in [0.25, 0.3) is 0 Å². The Morgan fingerprint density at radius 1 is 1.12 bits per heavy atom. The van der Waals surface area contributed by atoms with Gasteiger partial charge in [0, 0.05) is 28.4 Å². The second-order valence-electron chi connectivity index (χ2n) is 7.69. The number of carbonyl (C=O) groups excluding carboxylic acids is 2. The molecular formula is C24H30Cl2N2O3S. The molecule has 0 aliphatic rings. The van der Waals surface area contributed by atoms with Crippen molar-refractivity contribution >= 4 is 46.8 Å². The zero-order valence-corrected chi connectivity index (χ0v) is 21.2. The number of nitrogens with one attached hydrogen (secondary N) is 1. The molecule has 0 saturated heterocycles. The number of amides is 2. The molecule has 5 nitrogen and oxygen atoms in total. The number of hydrogen-bond donors (Lipinski definition) is 1. The Kier molecular flexibility index (Phi) is 10.7. The summed E-state index contributed by atoms with van der Waals surface area (Å²) in [6, 6.07) is 12.3. The molecule has 2 amide bonds. The monoisotopic (exact) mass is 496 g/mol. The molecule has 0 unspecified atom stereocenters. The van der Waals surface area contributed by atoms with Crippen molar-refractivity contribution in [1.29, 1.82) is 0 Å². The average molecular weight is 497 g/mol. The lowest BCUT2D eigenvalue weighted by molar-refractivity contribution is -0.139. The van der Waals surface area contributed by atoms with Crippen LogP contribution in [0.15, 0.2) is 42.5 Å². The molecule has 0 radical (unpaired) electrons. The molecule has 0 aliphatic carbocycles. The van der Waals surface area contributed by atoms with E-state index in [1.165, 1.54) is 11.8 Å². The first-order valence-electron chi connectivity index (χ1n) is 10.5. The highest BCUT2D eigenvalue weighted by Crippen LogP contribution is 2.25. The molecule has 2 aromatic rings. The van der Waals surface area contributed by atoms with Crippen LogP contribution in [0.2, 0.25) is 10.0 Å². The van der Waals surface area contributed by atoms with E-state index in [0.717, 1.165) is 16.9 Å². The minimum atomic E-state index is -0.549. The second kappa shape index (κ2) is 13.0. The first-order valence-corrected chi connectivity index (χ1v) is 12.4. The standard InChI is InChI=1S/C24H30Cl2N2O3S/c1-5-22(24(30)27-16(2)3)28(13-17-6-10-20(31-4)11-7-17)23(29)15-32-14-18-8-9-19(25)12-21(18)26/h6-12,16,22H,5,13-15H2,1-4H3,(H,27,30)/t22-/m0/s1. The highest BCUT2D eigenvalue weighted by molar-refractivity contribution is 7.99. The summed E-state index contributed by atoms with van der Waals surface area (Å²) in [5, 5.41) is 4.09.